The van der Waals surface area contributed by atoms with Gasteiger partial charge in [-0.3, -0.25) is 10.2 Å². The van der Waals surface area contributed by atoms with Crippen LogP contribution in [0.1, 0.15) is 70.6 Å². The number of nitrogens with one attached hydrogen (secondary N) is 1. The lowest BCUT2D eigenvalue weighted by molar-refractivity contribution is 0.0310. The normalized spacial score (nSPS) is 36.4. The van der Waals surface area contributed by atoms with Gasteiger partial charge >= 0.3 is 7.12 Å². The molecule has 0 aromatic heterocycles. The number of rotatable bonds is 8. The minimum absolute atomic E-state index is 0.471. The lowest BCUT2D eigenvalue weighted by Gasteiger charge is -2.38. The van der Waals surface area contributed by atoms with Crippen molar-refractivity contribution in [3.05, 3.63) is 0 Å². The quantitative estimate of drug-likeness (QED) is 0.462. The van der Waals surface area contributed by atoms with Gasteiger partial charge in [-0.2, -0.15) is 0 Å². The van der Waals surface area contributed by atoms with Gasteiger partial charge in [0.2, 0.25) is 0 Å². The van der Waals surface area contributed by atoms with Gasteiger partial charge in [-0.05, 0) is 63.7 Å². The Morgan fingerprint density at radius 1 is 1.00 bits per heavy atom. The number of ether oxygens (including phenoxy) is 1. The van der Waals surface area contributed by atoms with Crippen molar-refractivity contribution in [2.24, 2.45) is 5.92 Å². The van der Waals surface area contributed by atoms with E-state index in [4.69, 9.17) is 14.8 Å². The van der Waals surface area contributed by atoms with Crippen molar-refractivity contribution in [2.45, 2.75) is 101 Å². The topological polar surface area (TPSA) is 65.0 Å². The first-order valence-corrected chi connectivity index (χ1v) is 10.6. The Hall–Kier alpha value is -0.135. The van der Waals surface area contributed by atoms with Crippen LogP contribution in [0.4, 0.5) is 0 Å². The number of fused-ring (bicyclic) bond motifs is 1. The minimum Gasteiger partial charge on any atom is -0.427 e. The molecule has 5 nitrogen and oxygen atoms in total. The van der Waals surface area contributed by atoms with E-state index in [1.54, 1.807) is 0 Å². The third-order valence-electron chi connectivity index (χ3n) is 6.77. The van der Waals surface area contributed by atoms with Crippen LogP contribution in [0.5, 0.6) is 0 Å². The van der Waals surface area contributed by atoms with Gasteiger partial charge in [-0.25, -0.2) is 0 Å². The van der Waals surface area contributed by atoms with Crippen LogP contribution >= 0.6 is 0 Å². The highest BCUT2D eigenvalue weighted by molar-refractivity contribution is 6.40. The van der Waals surface area contributed by atoms with E-state index in [1.807, 2.05) is 7.11 Å². The second-order valence-electron chi connectivity index (χ2n) is 8.41. The molecule has 3 rings (SSSR count). The van der Waals surface area contributed by atoms with Gasteiger partial charge in [0.05, 0.1) is 12.3 Å². The molecule has 2 saturated carbocycles. The van der Waals surface area contributed by atoms with E-state index in [1.165, 1.54) is 57.8 Å². The first-order chi connectivity index (χ1) is 12.2. The van der Waals surface area contributed by atoms with Crippen molar-refractivity contribution < 1.29 is 14.8 Å². The Morgan fingerprint density at radius 2 is 1.76 bits per heavy atom. The molecule has 1 aliphatic heterocycles. The highest BCUT2D eigenvalue weighted by atomic mass is 16.5. The number of hydrogen-bond acceptors (Lipinski definition) is 5. The molecule has 6 heteroatoms. The molecule has 3 fully saturated rings. The summed E-state index contributed by atoms with van der Waals surface area (Å²) in [6.45, 7) is 1.16. The summed E-state index contributed by atoms with van der Waals surface area (Å²) in [5.41, 5.74) is 0. The molecule has 0 bridgehead atoms. The average molecular weight is 352 g/mol. The lowest BCUT2D eigenvalue weighted by atomic mass is 9.83. The van der Waals surface area contributed by atoms with Crippen LogP contribution in [0.2, 0.25) is 6.32 Å². The van der Waals surface area contributed by atoms with Crippen LogP contribution in [0.15, 0.2) is 0 Å². The molecule has 1 saturated heterocycles. The van der Waals surface area contributed by atoms with Crippen molar-refractivity contribution >= 4 is 7.12 Å². The summed E-state index contributed by atoms with van der Waals surface area (Å²) in [7, 11) is 0.711. The smallest absolute Gasteiger partial charge is 0.427 e. The number of nitrogens with zero attached hydrogens (tertiary/aromatic N) is 1. The monoisotopic (exact) mass is 352 g/mol. The van der Waals surface area contributed by atoms with Crippen molar-refractivity contribution in [3.8, 4) is 0 Å². The van der Waals surface area contributed by atoms with Crippen molar-refractivity contribution in [1.29, 1.82) is 0 Å². The summed E-state index contributed by atoms with van der Waals surface area (Å²) in [6.07, 6.45) is 15.1. The number of methoxy groups -OCH3 is 1. The molecule has 144 valence electrons. The zero-order chi connectivity index (χ0) is 17.6. The standard InChI is InChI=1S/C19H37BN2O3/c1-25-16-11-9-15(10-12-16)19-21-17-7-3-4-8-18(17)22(19)14-6-2-5-13-20(23)24/h15-19,21,23-24H,2-14H2,1H3. The lowest BCUT2D eigenvalue weighted by Crippen LogP contribution is -2.46. The van der Waals surface area contributed by atoms with Gasteiger partial charge in [0, 0.05) is 19.2 Å². The molecular formula is C19H37BN2O3. The van der Waals surface area contributed by atoms with Crippen LogP contribution in [-0.4, -0.2) is 60.1 Å². The second kappa shape index (κ2) is 9.70. The Morgan fingerprint density at radius 3 is 2.48 bits per heavy atom. The number of hydrogen-bond donors (Lipinski definition) is 3. The van der Waals surface area contributed by atoms with Crippen LogP contribution in [0.3, 0.4) is 0 Å². The van der Waals surface area contributed by atoms with Crippen LogP contribution in [0.25, 0.3) is 0 Å². The van der Waals surface area contributed by atoms with Gasteiger partial charge in [0.1, 0.15) is 0 Å². The zero-order valence-corrected chi connectivity index (χ0v) is 15.9. The SMILES string of the molecule is COC1CCC(C2NC3CCCCC3N2CCCCCB(O)O)CC1. The van der Waals surface area contributed by atoms with Crippen molar-refractivity contribution in [2.75, 3.05) is 13.7 Å². The Balaban J connectivity index is 1.53. The predicted octanol–water partition coefficient (Wildman–Crippen LogP) is 2.38. The third-order valence-corrected chi connectivity index (χ3v) is 6.77. The molecule has 0 radical (unpaired) electrons. The van der Waals surface area contributed by atoms with Crippen LogP contribution < -0.4 is 5.32 Å². The molecule has 0 aromatic carbocycles. The van der Waals surface area contributed by atoms with Crippen LogP contribution in [-0.2, 0) is 4.74 Å². The fourth-order valence-electron chi connectivity index (χ4n) is 5.37. The molecule has 1 heterocycles. The summed E-state index contributed by atoms with van der Waals surface area (Å²) >= 11 is 0. The maximum Gasteiger partial charge on any atom is 0.451 e. The molecule has 3 N–H and O–H groups in total. The van der Waals surface area contributed by atoms with E-state index >= 15 is 0 Å². The Bertz CT molecular complexity index is 391. The van der Waals surface area contributed by atoms with E-state index in [2.05, 4.69) is 10.2 Å². The van der Waals surface area contributed by atoms with Gasteiger partial charge in [-0.1, -0.05) is 25.7 Å². The molecule has 0 aromatic rings. The highest BCUT2D eigenvalue weighted by Crippen LogP contribution is 2.37. The summed E-state index contributed by atoms with van der Waals surface area (Å²) in [5, 5.41) is 22.0. The molecule has 0 spiro atoms. The van der Waals surface area contributed by atoms with Gasteiger partial charge in [0.25, 0.3) is 0 Å². The van der Waals surface area contributed by atoms with E-state index in [0.29, 0.717) is 24.6 Å². The molecule has 2 aliphatic carbocycles. The van der Waals surface area contributed by atoms with E-state index in [9.17, 15) is 0 Å². The summed E-state index contributed by atoms with van der Waals surface area (Å²) in [5.74, 6) is 0.760. The third kappa shape index (κ3) is 5.19. The first-order valence-electron chi connectivity index (χ1n) is 10.6. The van der Waals surface area contributed by atoms with E-state index in [0.717, 1.165) is 31.3 Å². The van der Waals surface area contributed by atoms with Crippen molar-refractivity contribution in [1.82, 2.24) is 10.2 Å². The average Bonchev–Trinajstić information content (AvgIpc) is 3.00. The predicted molar refractivity (Wildman–Crippen MR) is 101 cm³/mol. The molecule has 3 atom stereocenters. The maximum atomic E-state index is 9.00. The molecular weight excluding hydrogens is 315 g/mol. The number of unbranched alkanes of at least 4 members (excludes halogenated alkanes) is 2. The largest absolute Gasteiger partial charge is 0.451 e. The molecule has 0 amide bonds. The summed E-state index contributed by atoms with van der Waals surface area (Å²) in [4.78, 5) is 2.79. The Labute approximate surface area is 153 Å². The van der Waals surface area contributed by atoms with Crippen molar-refractivity contribution in [3.63, 3.8) is 0 Å². The minimum atomic E-state index is -1.14. The molecule has 25 heavy (non-hydrogen) atoms. The highest BCUT2D eigenvalue weighted by Gasteiger charge is 2.44. The first kappa shape index (κ1) is 19.6. The zero-order valence-electron chi connectivity index (χ0n) is 15.9. The van der Waals surface area contributed by atoms with Gasteiger partial charge < -0.3 is 14.8 Å². The summed E-state index contributed by atoms with van der Waals surface area (Å²) < 4.78 is 5.56. The van der Waals surface area contributed by atoms with E-state index < -0.39 is 7.12 Å². The maximum absolute atomic E-state index is 9.00. The Kier molecular flexibility index (Phi) is 7.61. The fraction of sp³-hybridized carbons (Fsp3) is 1.00. The van der Waals surface area contributed by atoms with Gasteiger partial charge in [0.15, 0.2) is 0 Å². The van der Waals surface area contributed by atoms with Gasteiger partial charge in [-0.15, -0.1) is 0 Å². The van der Waals surface area contributed by atoms with Crippen LogP contribution in [0, 0.1) is 5.92 Å². The molecule has 3 aliphatic rings. The second-order valence-corrected chi connectivity index (χ2v) is 8.41. The fourth-order valence-corrected chi connectivity index (χ4v) is 5.37. The molecule has 3 unspecified atom stereocenters. The summed E-state index contributed by atoms with van der Waals surface area (Å²) in [6, 6.07) is 1.42. The van der Waals surface area contributed by atoms with E-state index in [-0.39, 0.29) is 0 Å².